The van der Waals surface area contributed by atoms with E-state index in [9.17, 15) is 0 Å². The van der Waals surface area contributed by atoms with Crippen LogP contribution in [0.2, 0.25) is 0 Å². The minimum absolute atomic E-state index is 1.09. The molecule has 0 radical (unpaired) electrons. The highest BCUT2D eigenvalue weighted by atomic mass is 15.1. The SMILES string of the molecule is Cc1ccc(N(c2ccc(C)cc2)c2ccc(-c3ccc(N(c4ccc(-c5ccccc5)cc4)c4ccc(-c5ccccc5)cc4-c4ccccc4)cc3)cc2)cc1. The second-order valence-electron chi connectivity index (χ2n) is 14.8. The Hall–Kier alpha value is -7.42. The van der Waals surface area contributed by atoms with Crippen molar-refractivity contribution in [1.29, 1.82) is 0 Å². The molecule has 0 aliphatic rings. The Morgan fingerprint density at radius 1 is 0.241 bits per heavy atom. The van der Waals surface area contributed by atoms with Crippen LogP contribution >= 0.6 is 0 Å². The van der Waals surface area contributed by atoms with Crippen LogP contribution in [0.5, 0.6) is 0 Å². The van der Waals surface area contributed by atoms with Crippen LogP contribution in [-0.2, 0) is 0 Å². The van der Waals surface area contributed by atoms with Crippen molar-refractivity contribution in [3.63, 3.8) is 0 Å². The number of aryl methyl sites for hydroxylation is 2. The number of hydrogen-bond donors (Lipinski definition) is 0. The summed E-state index contributed by atoms with van der Waals surface area (Å²) >= 11 is 0. The van der Waals surface area contributed by atoms with Gasteiger partial charge in [-0.2, -0.15) is 0 Å². The predicted octanol–water partition coefficient (Wildman–Crippen LogP) is 15.9. The molecule has 58 heavy (non-hydrogen) atoms. The van der Waals surface area contributed by atoms with Crippen molar-refractivity contribution in [2.24, 2.45) is 0 Å². The summed E-state index contributed by atoms with van der Waals surface area (Å²) in [6.45, 7) is 4.26. The van der Waals surface area contributed by atoms with E-state index in [4.69, 9.17) is 0 Å². The lowest BCUT2D eigenvalue weighted by molar-refractivity contribution is 1.27. The van der Waals surface area contributed by atoms with Gasteiger partial charge < -0.3 is 9.80 Å². The van der Waals surface area contributed by atoms with Crippen LogP contribution in [-0.4, -0.2) is 0 Å². The average Bonchev–Trinajstić information content (AvgIpc) is 3.29. The summed E-state index contributed by atoms with van der Waals surface area (Å²) in [5, 5.41) is 0. The molecular weight excluding hydrogens is 701 g/mol. The number of benzene rings is 9. The first kappa shape index (κ1) is 36.2. The summed E-state index contributed by atoms with van der Waals surface area (Å²) in [5.41, 5.74) is 18.6. The maximum Gasteiger partial charge on any atom is 0.0540 e. The lowest BCUT2D eigenvalue weighted by Gasteiger charge is -2.29. The van der Waals surface area contributed by atoms with Crippen LogP contribution in [0.25, 0.3) is 44.5 Å². The monoisotopic (exact) mass is 744 g/mol. The van der Waals surface area contributed by atoms with Gasteiger partial charge >= 0.3 is 0 Å². The van der Waals surface area contributed by atoms with Crippen LogP contribution in [0, 0.1) is 13.8 Å². The smallest absolute Gasteiger partial charge is 0.0540 e. The van der Waals surface area contributed by atoms with Gasteiger partial charge in [-0.25, -0.2) is 0 Å². The Bertz CT molecular complexity index is 2680. The normalized spacial score (nSPS) is 10.9. The molecule has 2 nitrogen and oxygen atoms in total. The second kappa shape index (κ2) is 16.4. The molecule has 0 saturated heterocycles. The van der Waals surface area contributed by atoms with Crippen molar-refractivity contribution in [2.45, 2.75) is 13.8 Å². The van der Waals surface area contributed by atoms with Gasteiger partial charge in [0.25, 0.3) is 0 Å². The molecule has 0 fully saturated rings. The van der Waals surface area contributed by atoms with Crippen LogP contribution < -0.4 is 9.80 Å². The van der Waals surface area contributed by atoms with Crippen molar-refractivity contribution in [1.82, 2.24) is 0 Å². The lowest BCUT2D eigenvalue weighted by Crippen LogP contribution is -2.11. The molecule has 0 atom stereocenters. The van der Waals surface area contributed by atoms with E-state index in [1.807, 2.05) is 0 Å². The average molecular weight is 745 g/mol. The van der Waals surface area contributed by atoms with E-state index in [0.29, 0.717) is 0 Å². The van der Waals surface area contributed by atoms with Crippen molar-refractivity contribution >= 4 is 34.1 Å². The standard InChI is InChI=1S/C56H44N2/c1-41-18-29-50(30-19-41)57(51-31-20-42(2)21-32-51)52-33-22-46(23-34-52)47-26-37-54(38-27-47)58(53-35-24-45(25-36-53)43-12-6-3-7-13-43)56-39-28-49(44-14-8-4-9-15-44)40-55(56)48-16-10-5-11-17-48/h3-40H,1-2H3. The van der Waals surface area contributed by atoms with Gasteiger partial charge in [-0.1, -0.05) is 169 Å². The zero-order valence-electron chi connectivity index (χ0n) is 32.8. The summed E-state index contributed by atoms with van der Waals surface area (Å²) in [6, 6.07) is 83.1. The number of anilines is 6. The Morgan fingerprint density at radius 3 is 0.931 bits per heavy atom. The van der Waals surface area contributed by atoms with Crippen LogP contribution in [0.3, 0.4) is 0 Å². The molecule has 0 aliphatic carbocycles. The molecule has 9 rings (SSSR count). The molecule has 0 heterocycles. The second-order valence-corrected chi connectivity index (χ2v) is 14.8. The molecule has 0 amide bonds. The fraction of sp³-hybridized carbons (Fsp3) is 0.0357. The van der Waals surface area contributed by atoms with Gasteiger partial charge in [-0.15, -0.1) is 0 Å². The number of hydrogen-bond acceptors (Lipinski definition) is 2. The minimum Gasteiger partial charge on any atom is -0.311 e. The van der Waals surface area contributed by atoms with E-state index in [0.717, 1.165) is 39.7 Å². The Balaban J connectivity index is 1.10. The molecule has 0 N–H and O–H groups in total. The van der Waals surface area contributed by atoms with E-state index in [1.165, 1.54) is 50.1 Å². The minimum atomic E-state index is 1.09. The molecule has 9 aromatic carbocycles. The van der Waals surface area contributed by atoms with Gasteiger partial charge in [-0.3, -0.25) is 0 Å². The maximum absolute atomic E-state index is 2.39. The molecule has 0 aromatic heterocycles. The molecule has 278 valence electrons. The fourth-order valence-electron chi connectivity index (χ4n) is 7.69. The maximum atomic E-state index is 2.39. The van der Waals surface area contributed by atoms with E-state index in [-0.39, 0.29) is 0 Å². The molecule has 0 saturated carbocycles. The van der Waals surface area contributed by atoms with E-state index >= 15 is 0 Å². The van der Waals surface area contributed by atoms with Crippen molar-refractivity contribution in [3.8, 4) is 44.5 Å². The first-order chi connectivity index (χ1) is 28.6. The summed E-state index contributed by atoms with van der Waals surface area (Å²) in [5.74, 6) is 0. The van der Waals surface area contributed by atoms with E-state index in [2.05, 4.69) is 254 Å². The highest BCUT2D eigenvalue weighted by molar-refractivity contribution is 5.91. The molecule has 2 heteroatoms. The fourth-order valence-corrected chi connectivity index (χ4v) is 7.69. The molecule has 0 unspecified atom stereocenters. The Labute approximate surface area is 342 Å². The Kier molecular flexibility index (Phi) is 10.2. The highest BCUT2D eigenvalue weighted by Crippen LogP contribution is 2.44. The van der Waals surface area contributed by atoms with Gasteiger partial charge in [0.1, 0.15) is 0 Å². The summed E-state index contributed by atoms with van der Waals surface area (Å²) in [4.78, 5) is 4.71. The lowest BCUT2D eigenvalue weighted by atomic mass is 9.96. The van der Waals surface area contributed by atoms with Crippen molar-refractivity contribution < 1.29 is 0 Å². The number of nitrogens with zero attached hydrogens (tertiary/aromatic N) is 2. The molecule has 0 bridgehead atoms. The summed E-state index contributed by atoms with van der Waals surface area (Å²) in [7, 11) is 0. The number of rotatable bonds is 10. The van der Waals surface area contributed by atoms with Gasteiger partial charge in [-0.05, 0) is 126 Å². The molecule has 9 aromatic rings. The zero-order chi connectivity index (χ0) is 39.3. The highest BCUT2D eigenvalue weighted by Gasteiger charge is 2.19. The third-order valence-corrected chi connectivity index (χ3v) is 10.8. The zero-order valence-corrected chi connectivity index (χ0v) is 32.8. The van der Waals surface area contributed by atoms with Crippen LogP contribution in [0.4, 0.5) is 34.1 Å². The predicted molar refractivity (Wildman–Crippen MR) is 247 cm³/mol. The first-order valence-corrected chi connectivity index (χ1v) is 19.9. The van der Waals surface area contributed by atoms with Crippen LogP contribution in [0.15, 0.2) is 231 Å². The third-order valence-electron chi connectivity index (χ3n) is 10.8. The first-order valence-electron chi connectivity index (χ1n) is 19.9. The topological polar surface area (TPSA) is 6.48 Å². The third kappa shape index (κ3) is 7.69. The van der Waals surface area contributed by atoms with Gasteiger partial charge in [0.15, 0.2) is 0 Å². The largest absolute Gasteiger partial charge is 0.311 e. The van der Waals surface area contributed by atoms with Crippen molar-refractivity contribution in [2.75, 3.05) is 9.80 Å². The van der Waals surface area contributed by atoms with Crippen LogP contribution in [0.1, 0.15) is 11.1 Å². The quantitative estimate of drug-likeness (QED) is 0.138. The summed E-state index contributed by atoms with van der Waals surface area (Å²) in [6.07, 6.45) is 0. The van der Waals surface area contributed by atoms with Gasteiger partial charge in [0.05, 0.1) is 5.69 Å². The van der Waals surface area contributed by atoms with Crippen molar-refractivity contribution in [3.05, 3.63) is 242 Å². The summed E-state index contributed by atoms with van der Waals surface area (Å²) < 4.78 is 0. The van der Waals surface area contributed by atoms with E-state index in [1.54, 1.807) is 0 Å². The molecule has 0 aliphatic heterocycles. The molecular formula is C56H44N2. The molecule has 0 spiro atoms. The van der Waals surface area contributed by atoms with Gasteiger partial charge in [0.2, 0.25) is 0 Å². The van der Waals surface area contributed by atoms with Gasteiger partial charge in [0, 0.05) is 34.0 Å². The Morgan fingerprint density at radius 2 is 0.534 bits per heavy atom. The van der Waals surface area contributed by atoms with E-state index < -0.39 is 0 Å².